The van der Waals surface area contributed by atoms with Gasteiger partial charge in [0.2, 0.25) is 5.95 Å². The van der Waals surface area contributed by atoms with Crippen molar-refractivity contribution in [2.45, 2.75) is 0 Å². The molecule has 1 saturated heterocycles. The van der Waals surface area contributed by atoms with Gasteiger partial charge in [0.25, 0.3) is 0 Å². The van der Waals surface area contributed by atoms with E-state index in [4.69, 9.17) is 4.74 Å². The average molecular weight is 446 g/mol. The van der Waals surface area contributed by atoms with E-state index in [0.717, 1.165) is 55.2 Å². The van der Waals surface area contributed by atoms with Gasteiger partial charge in [-0.2, -0.15) is 4.98 Å². The minimum atomic E-state index is 0.310. The van der Waals surface area contributed by atoms with Gasteiger partial charge in [0.05, 0.1) is 19.0 Å². The van der Waals surface area contributed by atoms with Crippen LogP contribution in [-0.4, -0.2) is 62.3 Å². The summed E-state index contributed by atoms with van der Waals surface area (Å²) in [4.78, 5) is 27.3. The SMILES string of the molecule is CNc1nc(Nc2ccc(N3CCNCC3)c(OC)c2)ncc1N=C(C=O)c1ccccc1. The van der Waals surface area contributed by atoms with Gasteiger partial charge < -0.3 is 25.6 Å². The summed E-state index contributed by atoms with van der Waals surface area (Å²) < 4.78 is 5.63. The van der Waals surface area contributed by atoms with Crippen LogP contribution in [0.4, 0.5) is 28.8 Å². The molecule has 0 saturated carbocycles. The average Bonchev–Trinajstić information content (AvgIpc) is 2.88. The number of hydrogen-bond donors (Lipinski definition) is 3. The molecule has 0 unspecified atom stereocenters. The number of aromatic nitrogens is 2. The third kappa shape index (κ3) is 5.27. The summed E-state index contributed by atoms with van der Waals surface area (Å²) in [5, 5.41) is 9.60. The van der Waals surface area contributed by atoms with Crippen LogP contribution in [0.5, 0.6) is 5.75 Å². The number of hydrogen-bond acceptors (Lipinski definition) is 9. The minimum Gasteiger partial charge on any atom is -0.495 e. The summed E-state index contributed by atoms with van der Waals surface area (Å²) in [6, 6.07) is 15.2. The Kier molecular flexibility index (Phi) is 7.11. The van der Waals surface area contributed by atoms with Crippen molar-refractivity contribution in [3.8, 4) is 5.75 Å². The maximum atomic E-state index is 11.6. The highest BCUT2D eigenvalue weighted by molar-refractivity contribution is 6.36. The third-order valence-corrected chi connectivity index (χ3v) is 5.32. The molecule has 2 aromatic carbocycles. The van der Waals surface area contributed by atoms with Crippen molar-refractivity contribution < 1.29 is 9.53 Å². The maximum Gasteiger partial charge on any atom is 0.229 e. The lowest BCUT2D eigenvalue weighted by Crippen LogP contribution is -2.43. The number of carbonyl (C=O) groups is 1. The van der Waals surface area contributed by atoms with Crippen LogP contribution in [0.3, 0.4) is 0 Å². The molecule has 3 N–H and O–H groups in total. The van der Waals surface area contributed by atoms with Gasteiger partial charge in [-0.1, -0.05) is 30.3 Å². The van der Waals surface area contributed by atoms with Gasteiger partial charge in [-0.15, -0.1) is 0 Å². The molecule has 0 aliphatic carbocycles. The molecule has 1 aliphatic heterocycles. The highest BCUT2D eigenvalue weighted by Crippen LogP contribution is 2.33. The van der Waals surface area contributed by atoms with Gasteiger partial charge in [0.1, 0.15) is 17.1 Å². The molecule has 4 rings (SSSR count). The molecule has 9 heteroatoms. The summed E-state index contributed by atoms with van der Waals surface area (Å²) in [7, 11) is 3.42. The van der Waals surface area contributed by atoms with Gasteiger partial charge >= 0.3 is 0 Å². The van der Waals surface area contributed by atoms with Crippen LogP contribution in [0.1, 0.15) is 5.56 Å². The van der Waals surface area contributed by atoms with Crippen molar-refractivity contribution in [3.63, 3.8) is 0 Å². The predicted molar refractivity (Wildman–Crippen MR) is 132 cm³/mol. The van der Waals surface area contributed by atoms with E-state index in [-0.39, 0.29) is 0 Å². The van der Waals surface area contributed by atoms with E-state index in [1.54, 1.807) is 20.4 Å². The van der Waals surface area contributed by atoms with E-state index in [0.29, 0.717) is 23.2 Å². The van der Waals surface area contributed by atoms with Crippen molar-refractivity contribution in [2.24, 2.45) is 4.99 Å². The van der Waals surface area contributed by atoms with Crippen LogP contribution in [0.15, 0.2) is 59.7 Å². The fraction of sp³-hybridized carbons (Fsp3) is 0.250. The highest BCUT2D eigenvalue weighted by atomic mass is 16.5. The summed E-state index contributed by atoms with van der Waals surface area (Å²) >= 11 is 0. The van der Waals surface area contributed by atoms with Crippen LogP contribution in [0, 0.1) is 0 Å². The number of benzene rings is 2. The zero-order chi connectivity index (χ0) is 23.0. The fourth-order valence-electron chi connectivity index (χ4n) is 3.65. The monoisotopic (exact) mass is 445 g/mol. The maximum absolute atomic E-state index is 11.6. The summed E-state index contributed by atoms with van der Waals surface area (Å²) in [6.07, 6.45) is 2.31. The Labute approximate surface area is 192 Å². The van der Waals surface area contributed by atoms with E-state index >= 15 is 0 Å². The van der Waals surface area contributed by atoms with Crippen molar-refractivity contribution in [3.05, 3.63) is 60.3 Å². The Morgan fingerprint density at radius 3 is 2.67 bits per heavy atom. The first kappa shape index (κ1) is 22.2. The second-order valence-corrected chi connectivity index (χ2v) is 7.41. The zero-order valence-corrected chi connectivity index (χ0v) is 18.7. The molecule has 0 spiro atoms. The second kappa shape index (κ2) is 10.6. The normalized spacial score (nSPS) is 14.0. The van der Waals surface area contributed by atoms with Crippen LogP contribution in [-0.2, 0) is 4.79 Å². The zero-order valence-electron chi connectivity index (χ0n) is 18.7. The Morgan fingerprint density at radius 2 is 1.97 bits per heavy atom. The van der Waals surface area contributed by atoms with Gasteiger partial charge in [-0.05, 0) is 12.1 Å². The molecule has 9 nitrogen and oxygen atoms in total. The van der Waals surface area contributed by atoms with E-state index in [1.165, 1.54) is 0 Å². The molecule has 2 heterocycles. The lowest BCUT2D eigenvalue weighted by Gasteiger charge is -2.30. The van der Waals surface area contributed by atoms with E-state index in [9.17, 15) is 4.79 Å². The molecule has 170 valence electrons. The Bertz CT molecular complexity index is 1130. The molecular formula is C24H27N7O2. The summed E-state index contributed by atoms with van der Waals surface area (Å²) in [5.74, 6) is 1.70. The number of methoxy groups -OCH3 is 1. The molecule has 1 aliphatic rings. The molecule has 0 atom stereocenters. The first-order valence-corrected chi connectivity index (χ1v) is 10.8. The second-order valence-electron chi connectivity index (χ2n) is 7.41. The van der Waals surface area contributed by atoms with Gasteiger partial charge in [-0.25, -0.2) is 9.98 Å². The van der Waals surface area contributed by atoms with E-state index in [1.807, 2.05) is 48.5 Å². The number of ether oxygens (including phenoxy) is 1. The topological polar surface area (TPSA) is 104 Å². The van der Waals surface area contributed by atoms with Crippen LogP contribution in [0.25, 0.3) is 0 Å². The molecule has 0 amide bonds. The number of carbonyl (C=O) groups excluding carboxylic acids is 1. The van der Waals surface area contributed by atoms with Crippen molar-refractivity contribution in [1.82, 2.24) is 15.3 Å². The van der Waals surface area contributed by atoms with Gasteiger partial charge in [0.15, 0.2) is 12.1 Å². The fourth-order valence-corrected chi connectivity index (χ4v) is 3.65. The van der Waals surface area contributed by atoms with Gasteiger partial charge in [-0.3, -0.25) is 4.79 Å². The Hall–Kier alpha value is -3.98. The van der Waals surface area contributed by atoms with Crippen molar-refractivity contribution >= 4 is 40.8 Å². The lowest BCUT2D eigenvalue weighted by atomic mass is 10.1. The number of rotatable bonds is 8. The Morgan fingerprint density at radius 1 is 1.18 bits per heavy atom. The molecule has 0 bridgehead atoms. The third-order valence-electron chi connectivity index (χ3n) is 5.32. The standard InChI is InChI=1S/C24H27N7O2/c1-25-23-19(29-20(16-32)17-6-4-3-5-7-17)15-27-24(30-23)28-18-8-9-21(22(14-18)33-2)31-12-10-26-11-13-31/h3-9,14-16,26H,10-13H2,1-2H3,(H2,25,27,28,30). The minimum absolute atomic E-state index is 0.310. The summed E-state index contributed by atoms with van der Waals surface area (Å²) in [6.45, 7) is 3.78. The first-order valence-electron chi connectivity index (χ1n) is 10.8. The predicted octanol–water partition coefficient (Wildman–Crippen LogP) is 3.00. The number of nitrogens with zero attached hydrogens (tertiary/aromatic N) is 4. The van der Waals surface area contributed by atoms with Crippen LogP contribution < -0.4 is 25.6 Å². The molecule has 1 aromatic heterocycles. The van der Waals surface area contributed by atoms with Crippen molar-refractivity contribution in [2.75, 3.05) is 55.9 Å². The van der Waals surface area contributed by atoms with E-state index < -0.39 is 0 Å². The highest BCUT2D eigenvalue weighted by Gasteiger charge is 2.16. The number of aldehydes is 1. The Balaban J connectivity index is 1.57. The smallest absolute Gasteiger partial charge is 0.229 e. The van der Waals surface area contributed by atoms with Crippen LogP contribution >= 0.6 is 0 Å². The number of anilines is 4. The molecular weight excluding hydrogens is 418 g/mol. The molecule has 3 aromatic rings. The number of aliphatic imine (C=N–C) groups is 1. The van der Waals surface area contributed by atoms with Crippen molar-refractivity contribution in [1.29, 1.82) is 0 Å². The number of nitrogens with one attached hydrogen (secondary N) is 3. The first-order chi connectivity index (χ1) is 16.2. The quantitative estimate of drug-likeness (QED) is 0.359. The molecule has 33 heavy (non-hydrogen) atoms. The lowest BCUT2D eigenvalue weighted by molar-refractivity contribution is -0.102. The van der Waals surface area contributed by atoms with E-state index in [2.05, 4.69) is 35.8 Å². The molecule has 0 radical (unpaired) electrons. The summed E-state index contributed by atoms with van der Waals surface area (Å²) in [5.41, 5.74) is 3.38. The van der Waals surface area contributed by atoms with Crippen LogP contribution in [0.2, 0.25) is 0 Å². The number of piperazine rings is 1. The van der Waals surface area contributed by atoms with Gasteiger partial charge in [0, 0.05) is 50.5 Å². The molecule has 1 fully saturated rings. The largest absolute Gasteiger partial charge is 0.495 e.